The van der Waals surface area contributed by atoms with Gasteiger partial charge in [0.25, 0.3) is 10.0 Å². The zero-order valence-electron chi connectivity index (χ0n) is 18.8. The van der Waals surface area contributed by atoms with Gasteiger partial charge in [-0.3, -0.25) is 4.72 Å². The Kier molecular flexibility index (Phi) is 6.62. The molecule has 0 spiro atoms. The summed E-state index contributed by atoms with van der Waals surface area (Å²) in [7, 11) is -3.68. The Balaban J connectivity index is 1.73. The molecule has 0 fully saturated rings. The molecule has 0 bridgehead atoms. The first-order valence-corrected chi connectivity index (χ1v) is 11.9. The maximum Gasteiger partial charge on any atom is 0.261 e. The fourth-order valence-electron chi connectivity index (χ4n) is 3.24. The summed E-state index contributed by atoms with van der Waals surface area (Å²) in [6.07, 6.45) is 7.76. The number of allylic oxidation sites excluding steroid dienone is 1. The molecule has 0 aromatic heterocycles. The molecule has 5 nitrogen and oxygen atoms in total. The average Bonchev–Trinajstić information content (AvgIpc) is 2.71. The molecule has 6 heteroatoms. The van der Waals surface area contributed by atoms with Crippen LogP contribution in [0.25, 0.3) is 6.08 Å². The van der Waals surface area contributed by atoms with Crippen LogP contribution < -0.4 is 9.46 Å². The lowest BCUT2D eigenvalue weighted by atomic mass is 9.87. The minimum Gasteiger partial charge on any atom is -0.480 e. The Morgan fingerprint density at radius 3 is 2.48 bits per heavy atom. The van der Waals surface area contributed by atoms with Crippen LogP contribution in [-0.2, 0) is 20.2 Å². The molecule has 2 aromatic carbocycles. The molecule has 0 saturated carbocycles. The molecule has 0 aliphatic carbocycles. The molecule has 0 radical (unpaired) electrons. The minimum atomic E-state index is -3.68. The number of fused-ring (bicyclic) bond motifs is 1. The number of ether oxygens (including phenoxy) is 2. The maximum absolute atomic E-state index is 12.8. The van der Waals surface area contributed by atoms with Gasteiger partial charge in [0.1, 0.15) is 11.4 Å². The summed E-state index contributed by atoms with van der Waals surface area (Å²) >= 11 is 0. The van der Waals surface area contributed by atoms with E-state index in [1.54, 1.807) is 30.3 Å². The van der Waals surface area contributed by atoms with Crippen LogP contribution in [0, 0.1) is 0 Å². The first-order chi connectivity index (χ1) is 14.5. The second kappa shape index (κ2) is 8.89. The van der Waals surface area contributed by atoms with E-state index in [2.05, 4.69) is 25.5 Å². The van der Waals surface area contributed by atoms with Crippen molar-refractivity contribution in [1.29, 1.82) is 0 Å². The number of sulfonamides is 1. The Bertz CT molecular complexity index is 1080. The fraction of sp³-hybridized carbons (Fsp3) is 0.360. The number of hydrogen-bond acceptors (Lipinski definition) is 4. The van der Waals surface area contributed by atoms with Crippen LogP contribution in [0.4, 0.5) is 5.69 Å². The molecule has 0 amide bonds. The smallest absolute Gasteiger partial charge is 0.261 e. The van der Waals surface area contributed by atoms with Gasteiger partial charge in [-0.15, -0.1) is 0 Å². The first kappa shape index (κ1) is 23.1. The third-order valence-corrected chi connectivity index (χ3v) is 6.49. The maximum atomic E-state index is 12.8. The molecule has 1 atom stereocenters. The Hall–Kier alpha value is -2.57. The highest BCUT2D eigenvalue weighted by molar-refractivity contribution is 7.92. The van der Waals surface area contributed by atoms with Crippen molar-refractivity contribution in [2.75, 3.05) is 17.9 Å². The van der Waals surface area contributed by atoms with E-state index in [0.717, 1.165) is 11.1 Å². The second-order valence-electron chi connectivity index (χ2n) is 8.96. The monoisotopic (exact) mass is 441 g/mol. The molecule has 0 saturated heterocycles. The van der Waals surface area contributed by atoms with E-state index in [1.807, 2.05) is 50.3 Å². The van der Waals surface area contributed by atoms with Gasteiger partial charge in [0.15, 0.2) is 0 Å². The van der Waals surface area contributed by atoms with E-state index in [4.69, 9.17) is 9.47 Å². The highest BCUT2D eigenvalue weighted by Crippen LogP contribution is 2.34. The highest BCUT2D eigenvalue weighted by Gasteiger charge is 2.28. The van der Waals surface area contributed by atoms with Crippen LogP contribution >= 0.6 is 0 Å². The second-order valence-corrected chi connectivity index (χ2v) is 10.6. The lowest BCUT2D eigenvalue weighted by Crippen LogP contribution is -2.37. The lowest BCUT2D eigenvalue weighted by Gasteiger charge is -2.31. The summed E-state index contributed by atoms with van der Waals surface area (Å²) in [6.45, 7) is 11.1. The molecule has 31 heavy (non-hydrogen) atoms. The van der Waals surface area contributed by atoms with Gasteiger partial charge in [-0.05, 0) is 61.2 Å². The number of rotatable bonds is 7. The van der Waals surface area contributed by atoms with Gasteiger partial charge in [0.05, 0.1) is 18.1 Å². The number of hydrogen-bond donors (Lipinski definition) is 1. The summed E-state index contributed by atoms with van der Waals surface area (Å²) in [5.41, 5.74) is 1.78. The van der Waals surface area contributed by atoms with Crippen LogP contribution in [0.3, 0.4) is 0 Å². The molecule has 1 heterocycles. The van der Waals surface area contributed by atoms with Gasteiger partial charge in [-0.1, -0.05) is 51.1 Å². The summed E-state index contributed by atoms with van der Waals surface area (Å²) in [5, 5.41) is 0. The van der Waals surface area contributed by atoms with Gasteiger partial charge in [0.2, 0.25) is 0 Å². The molecule has 3 rings (SSSR count). The molecule has 1 unspecified atom stereocenters. The molecule has 2 aromatic rings. The van der Waals surface area contributed by atoms with E-state index in [1.165, 1.54) is 0 Å². The Morgan fingerprint density at radius 2 is 1.84 bits per heavy atom. The summed E-state index contributed by atoms with van der Waals surface area (Å²) in [6, 6.07) is 12.3. The van der Waals surface area contributed by atoms with Crippen LogP contribution in [0.2, 0.25) is 0 Å². The van der Waals surface area contributed by atoms with E-state index in [0.29, 0.717) is 24.7 Å². The molecular formula is C25H31NO4S. The summed E-state index contributed by atoms with van der Waals surface area (Å²) in [5.74, 6) is 0.692. The van der Waals surface area contributed by atoms with Gasteiger partial charge in [-0.25, -0.2) is 8.42 Å². The van der Waals surface area contributed by atoms with Crippen LogP contribution in [-0.4, -0.2) is 27.2 Å². The van der Waals surface area contributed by atoms with E-state index >= 15 is 0 Å². The van der Waals surface area contributed by atoms with Crippen molar-refractivity contribution in [3.63, 3.8) is 0 Å². The van der Waals surface area contributed by atoms with Crippen molar-refractivity contribution in [3.05, 3.63) is 71.8 Å². The third-order valence-electron chi connectivity index (χ3n) is 5.09. The standard InChI is InChI=1S/C25H31NO4S/c1-6-7-16-29-18-25(5)15-14-19-17-21(10-13-23(19)30-25)26-31(27,28)22-11-8-20(9-12-22)24(2,3)4/h6-15,17,26H,16,18H2,1-5H3/b7-6+. The molecule has 1 aliphatic rings. The number of benzene rings is 2. The zero-order valence-corrected chi connectivity index (χ0v) is 19.6. The van der Waals surface area contributed by atoms with Gasteiger partial charge >= 0.3 is 0 Å². The molecule has 1 aliphatic heterocycles. The lowest BCUT2D eigenvalue weighted by molar-refractivity contribution is 0.0245. The van der Waals surface area contributed by atoms with Crippen molar-refractivity contribution in [2.45, 2.75) is 50.5 Å². The fourth-order valence-corrected chi connectivity index (χ4v) is 4.29. The Labute approximate surface area is 185 Å². The van der Waals surface area contributed by atoms with Crippen molar-refractivity contribution in [1.82, 2.24) is 0 Å². The van der Waals surface area contributed by atoms with Crippen LogP contribution in [0.15, 0.2) is 65.6 Å². The van der Waals surface area contributed by atoms with E-state index in [9.17, 15) is 8.42 Å². The predicted octanol–water partition coefficient (Wildman–Crippen LogP) is 5.54. The van der Waals surface area contributed by atoms with Gasteiger partial charge in [-0.2, -0.15) is 0 Å². The van der Waals surface area contributed by atoms with E-state index < -0.39 is 15.6 Å². The Morgan fingerprint density at radius 1 is 1.13 bits per heavy atom. The number of nitrogens with one attached hydrogen (secondary N) is 1. The quantitative estimate of drug-likeness (QED) is 0.452. The number of anilines is 1. The van der Waals surface area contributed by atoms with Gasteiger partial charge in [0, 0.05) is 11.3 Å². The predicted molar refractivity (Wildman–Crippen MR) is 126 cm³/mol. The van der Waals surface area contributed by atoms with Crippen molar-refractivity contribution in [3.8, 4) is 5.75 Å². The van der Waals surface area contributed by atoms with Crippen LogP contribution in [0.1, 0.15) is 45.7 Å². The average molecular weight is 442 g/mol. The molecule has 1 N–H and O–H groups in total. The molecule has 166 valence electrons. The zero-order chi connectivity index (χ0) is 22.7. The van der Waals surface area contributed by atoms with Crippen molar-refractivity contribution >= 4 is 21.8 Å². The highest BCUT2D eigenvalue weighted by atomic mass is 32.2. The third kappa shape index (κ3) is 5.77. The normalized spacial score (nSPS) is 18.6. The first-order valence-electron chi connectivity index (χ1n) is 10.4. The van der Waals surface area contributed by atoms with Crippen molar-refractivity contribution in [2.24, 2.45) is 0 Å². The summed E-state index contributed by atoms with van der Waals surface area (Å²) < 4.78 is 40.1. The van der Waals surface area contributed by atoms with E-state index in [-0.39, 0.29) is 10.3 Å². The SMILES string of the molecule is C/C=C/COCC1(C)C=Cc2cc(NS(=O)(=O)c3ccc(C(C)(C)C)cc3)ccc2O1. The largest absolute Gasteiger partial charge is 0.480 e. The molecular weight excluding hydrogens is 410 g/mol. The minimum absolute atomic E-state index is 0.0349. The summed E-state index contributed by atoms with van der Waals surface area (Å²) in [4.78, 5) is 0.232. The van der Waals surface area contributed by atoms with Crippen LogP contribution in [0.5, 0.6) is 5.75 Å². The van der Waals surface area contributed by atoms with Gasteiger partial charge < -0.3 is 9.47 Å². The topological polar surface area (TPSA) is 64.6 Å². The van der Waals surface area contributed by atoms with Crippen molar-refractivity contribution < 1.29 is 17.9 Å².